The van der Waals surface area contributed by atoms with Crippen LogP contribution in [0.3, 0.4) is 0 Å². The van der Waals surface area contributed by atoms with Crippen molar-refractivity contribution in [2.45, 2.75) is 52.7 Å². The van der Waals surface area contributed by atoms with Crippen LogP contribution in [-0.2, 0) is 24.9 Å². The highest BCUT2D eigenvalue weighted by molar-refractivity contribution is 6.31. The number of aromatic nitrogens is 2. The largest absolute Gasteiger partial charge is 0.573 e. The molecule has 0 aliphatic heterocycles. The molecule has 0 unspecified atom stereocenters. The third kappa shape index (κ3) is 8.41. The number of carbonyl (C=O) groups is 2. The number of hydrogen-bond donors (Lipinski definition) is 1. The molecule has 0 aliphatic carbocycles. The van der Waals surface area contributed by atoms with Crippen LogP contribution in [-0.4, -0.2) is 33.1 Å². The van der Waals surface area contributed by atoms with Crippen molar-refractivity contribution in [3.63, 3.8) is 0 Å². The van der Waals surface area contributed by atoms with E-state index in [1.165, 1.54) is 16.7 Å². The summed E-state index contributed by atoms with van der Waals surface area (Å²) in [6.45, 7) is 7.06. The molecule has 0 radical (unpaired) electrons. The van der Waals surface area contributed by atoms with Crippen LogP contribution in [0.4, 0.5) is 18.0 Å². The fourth-order valence-electron chi connectivity index (χ4n) is 3.52. The molecule has 3 aromatic rings. The maximum atomic E-state index is 13.0. The average Bonchev–Trinajstić information content (AvgIpc) is 3.10. The van der Waals surface area contributed by atoms with Gasteiger partial charge in [-0.05, 0) is 68.7 Å². The minimum atomic E-state index is -4.95. The van der Waals surface area contributed by atoms with Gasteiger partial charge in [-0.3, -0.25) is 4.79 Å². The van der Waals surface area contributed by atoms with E-state index in [0.717, 1.165) is 17.2 Å². The van der Waals surface area contributed by atoms with Gasteiger partial charge in [-0.25, -0.2) is 4.79 Å². The van der Waals surface area contributed by atoms with Crippen molar-refractivity contribution in [3.05, 3.63) is 81.7 Å². The lowest BCUT2D eigenvalue weighted by molar-refractivity contribution is -0.274. The molecule has 2 amide bonds. The van der Waals surface area contributed by atoms with Crippen LogP contribution < -0.4 is 15.7 Å². The number of aryl methyl sites for hydroxylation is 2. The molecule has 38 heavy (non-hydrogen) atoms. The summed E-state index contributed by atoms with van der Waals surface area (Å²) >= 11 is 6.03. The predicted octanol–water partition coefficient (Wildman–Crippen LogP) is 5.50. The van der Waals surface area contributed by atoms with Crippen molar-refractivity contribution < 1.29 is 32.2 Å². The molecule has 0 fully saturated rings. The number of amides is 2. The fraction of sp³-hybridized carbons (Fsp3) is 0.346. The SMILES string of the molecule is Cc1cc(CNC(=O)c2cc(Cn3ccn(C)/c3=N\C(=O)OC(C)(C)C)cc(OC(F)(F)F)c2)ccc1Cl. The summed E-state index contributed by atoms with van der Waals surface area (Å²) in [6.07, 6.45) is -2.55. The quantitative estimate of drug-likeness (QED) is 0.437. The normalized spacial score (nSPS) is 12.4. The number of imidazole rings is 1. The first-order valence-corrected chi connectivity index (χ1v) is 11.9. The zero-order valence-electron chi connectivity index (χ0n) is 21.5. The van der Waals surface area contributed by atoms with Gasteiger partial charge in [0.05, 0.1) is 6.54 Å². The van der Waals surface area contributed by atoms with Gasteiger partial charge in [-0.2, -0.15) is 0 Å². The molecule has 0 saturated carbocycles. The highest BCUT2D eigenvalue weighted by Gasteiger charge is 2.31. The predicted molar refractivity (Wildman–Crippen MR) is 135 cm³/mol. The molecular formula is C26H28ClF3N4O4. The van der Waals surface area contributed by atoms with E-state index in [0.29, 0.717) is 10.6 Å². The molecule has 3 rings (SSSR count). The molecular weight excluding hydrogens is 525 g/mol. The van der Waals surface area contributed by atoms with Gasteiger partial charge in [-0.15, -0.1) is 18.2 Å². The van der Waals surface area contributed by atoms with E-state index in [-0.39, 0.29) is 24.3 Å². The van der Waals surface area contributed by atoms with E-state index in [1.54, 1.807) is 63.0 Å². The Kier molecular flexibility index (Phi) is 8.61. The topological polar surface area (TPSA) is 86.9 Å². The smallest absolute Gasteiger partial charge is 0.442 e. The summed E-state index contributed by atoms with van der Waals surface area (Å²) in [4.78, 5) is 29.1. The van der Waals surface area contributed by atoms with Crippen molar-refractivity contribution in [1.82, 2.24) is 14.5 Å². The van der Waals surface area contributed by atoms with Gasteiger partial charge in [0.15, 0.2) is 0 Å². The summed E-state index contributed by atoms with van der Waals surface area (Å²) in [5.41, 5.74) is 1.33. The minimum absolute atomic E-state index is 0.00577. The lowest BCUT2D eigenvalue weighted by Gasteiger charge is -2.17. The van der Waals surface area contributed by atoms with Crippen LogP contribution in [0.1, 0.15) is 47.8 Å². The van der Waals surface area contributed by atoms with Gasteiger partial charge >= 0.3 is 12.5 Å². The maximum Gasteiger partial charge on any atom is 0.573 e. The number of ether oxygens (including phenoxy) is 2. The molecule has 204 valence electrons. The number of nitrogens with zero attached hydrogens (tertiary/aromatic N) is 3. The summed E-state index contributed by atoms with van der Waals surface area (Å²) in [6, 6.07) is 8.88. The Morgan fingerprint density at radius 1 is 1.05 bits per heavy atom. The number of nitrogens with one attached hydrogen (secondary N) is 1. The molecule has 1 N–H and O–H groups in total. The Bertz CT molecular complexity index is 1400. The Labute approximate surface area is 222 Å². The van der Waals surface area contributed by atoms with Gasteiger partial charge in [0.1, 0.15) is 11.4 Å². The molecule has 1 heterocycles. The van der Waals surface area contributed by atoms with Gasteiger partial charge in [0, 0.05) is 36.6 Å². The number of halogens is 4. The molecule has 1 aromatic heterocycles. The zero-order valence-corrected chi connectivity index (χ0v) is 22.3. The number of hydrogen-bond acceptors (Lipinski definition) is 4. The molecule has 2 aromatic carbocycles. The molecule has 0 bridgehead atoms. The maximum absolute atomic E-state index is 13.0. The summed E-state index contributed by atoms with van der Waals surface area (Å²) in [5.74, 6) is -1.15. The standard InChI is InChI=1S/C26H28ClF3N4O4/c1-16-10-17(6-7-21(16)27)14-31-22(35)19-11-18(12-20(13-19)37-26(28,29)30)15-34-9-8-33(5)23(34)32-24(36)38-25(2,3)4/h6-13H,14-15H2,1-5H3,(H,31,35)/b32-23+. The van der Waals surface area contributed by atoms with Gasteiger partial charge in [-0.1, -0.05) is 23.7 Å². The third-order valence-corrected chi connectivity index (χ3v) is 5.54. The van der Waals surface area contributed by atoms with E-state index in [1.807, 2.05) is 6.92 Å². The summed E-state index contributed by atoms with van der Waals surface area (Å²) in [7, 11) is 1.65. The second kappa shape index (κ2) is 11.3. The monoisotopic (exact) mass is 552 g/mol. The van der Waals surface area contributed by atoms with Crippen LogP contribution in [0.5, 0.6) is 5.75 Å². The molecule has 0 aliphatic rings. The van der Waals surface area contributed by atoms with Crippen LogP contribution in [0, 0.1) is 6.92 Å². The van der Waals surface area contributed by atoms with Crippen LogP contribution in [0.25, 0.3) is 0 Å². The van der Waals surface area contributed by atoms with Gasteiger partial charge in [0.2, 0.25) is 5.62 Å². The lowest BCUT2D eigenvalue weighted by Crippen LogP contribution is -2.29. The molecule has 0 saturated heterocycles. The molecule has 12 heteroatoms. The highest BCUT2D eigenvalue weighted by Crippen LogP contribution is 2.26. The van der Waals surface area contributed by atoms with Crippen molar-refractivity contribution >= 4 is 23.6 Å². The third-order valence-electron chi connectivity index (χ3n) is 5.12. The fourth-order valence-corrected chi connectivity index (χ4v) is 3.64. The first-order chi connectivity index (χ1) is 17.6. The van der Waals surface area contributed by atoms with E-state index < -0.39 is 29.7 Å². The lowest BCUT2D eigenvalue weighted by atomic mass is 10.1. The number of benzene rings is 2. The van der Waals surface area contributed by atoms with Gasteiger partial charge in [0.25, 0.3) is 5.91 Å². The Balaban J connectivity index is 1.91. The van der Waals surface area contributed by atoms with Gasteiger partial charge < -0.3 is 23.9 Å². The van der Waals surface area contributed by atoms with E-state index in [9.17, 15) is 22.8 Å². The Morgan fingerprint density at radius 3 is 2.39 bits per heavy atom. The van der Waals surface area contributed by atoms with E-state index in [2.05, 4.69) is 15.0 Å². The Morgan fingerprint density at radius 2 is 1.76 bits per heavy atom. The second-order valence-corrected chi connectivity index (χ2v) is 10.0. The second-order valence-electron chi connectivity index (χ2n) is 9.61. The number of carbonyl (C=O) groups excluding carboxylic acids is 2. The molecule has 8 nitrogen and oxygen atoms in total. The first kappa shape index (κ1) is 28.8. The average molecular weight is 553 g/mol. The number of alkyl halides is 3. The van der Waals surface area contributed by atoms with Crippen LogP contribution in [0.15, 0.2) is 53.8 Å². The first-order valence-electron chi connectivity index (χ1n) is 11.5. The van der Waals surface area contributed by atoms with E-state index in [4.69, 9.17) is 16.3 Å². The zero-order chi connectivity index (χ0) is 28.3. The summed E-state index contributed by atoms with van der Waals surface area (Å²) in [5, 5.41) is 3.28. The van der Waals surface area contributed by atoms with Crippen molar-refractivity contribution in [2.75, 3.05) is 0 Å². The molecule has 0 spiro atoms. The Hall–Kier alpha value is -3.73. The van der Waals surface area contributed by atoms with Crippen molar-refractivity contribution in [3.8, 4) is 5.75 Å². The van der Waals surface area contributed by atoms with E-state index >= 15 is 0 Å². The minimum Gasteiger partial charge on any atom is -0.442 e. The number of rotatable bonds is 6. The van der Waals surface area contributed by atoms with Crippen molar-refractivity contribution in [1.29, 1.82) is 0 Å². The summed E-state index contributed by atoms with van der Waals surface area (Å²) < 4.78 is 51.5. The van der Waals surface area contributed by atoms with Crippen LogP contribution >= 0.6 is 11.6 Å². The van der Waals surface area contributed by atoms with Crippen molar-refractivity contribution in [2.24, 2.45) is 12.0 Å². The molecule has 0 atom stereocenters. The van der Waals surface area contributed by atoms with Crippen LogP contribution in [0.2, 0.25) is 5.02 Å². The highest BCUT2D eigenvalue weighted by atomic mass is 35.5.